The Labute approximate surface area is 127 Å². The third-order valence-corrected chi connectivity index (χ3v) is 3.71. The summed E-state index contributed by atoms with van der Waals surface area (Å²) >= 11 is 2.24. The first-order valence-corrected chi connectivity index (χ1v) is 9.16. The molecule has 0 aromatic rings. The van der Waals surface area contributed by atoms with Crippen molar-refractivity contribution in [2.24, 2.45) is 0 Å². The zero-order valence-electron chi connectivity index (χ0n) is 12.0. The van der Waals surface area contributed by atoms with Gasteiger partial charge < -0.3 is 5.32 Å². The van der Waals surface area contributed by atoms with E-state index in [2.05, 4.69) is 34.8 Å². The van der Waals surface area contributed by atoms with Gasteiger partial charge in [-0.3, -0.25) is 4.79 Å². The summed E-state index contributed by atoms with van der Waals surface area (Å²) in [4.78, 5) is 11.2. The average molecular weight is 367 g/mol. The number of hydrogen-bond donors (Lipinski definition) is 1. The number of hydrogen-bond acceptors (Lipinski definition) is 1. The monoisotopic (exact) mass is 367 g/mol. The molecule has 0 aliphatic rings. The van der Waals surface area contributed by atoms with Crippen molar-refractivity contribution < 1.29 is 4.79 Å². The summed E-state index contributed by atoms with van der Waals surface area (Å²) in [6.07, 6.45) is 14.1. The van der Waals surface area contributed by atoms with E-state index in [0.717, 1.165) is 17.4 Å². The zero-order valence-corrected chi connectivity index (χ0v) is 14.1. The van der Waals surface area contributed by atoms with Gasteiger partial charge in [-0.2, -0.15) is 0 Å². The Hall–Kier alpha value is 0.200. The molecular weight excluding hydrogens is 337 g/mol. The van der Waals surface area contributed by atoms with Gasteiger partial charge in [-0.1, -0.05) is 87.3 Å². The lowest BCUT2D eigenvalue weighted by Gasteiger charge is -2.04. The van der Waals surface area contributed by atoms with Crippen molar-refractivity contribution in [3.05, 3.63) is 0 Å². The van der Waals surface area contributed by atoms with Gasteiger partial charge in [0, 0.05) is 17.4 Å². The minimum atomic E-state index is 0.209. The second kappa shape index (κ2) is 15.3. The summed E-state index contributed by atoms with van der Waals surface area (Å²) < 4.78 is 0.918. The molecule has 0 rings (SSSR count). The van der Waals surface area contributed by atoms with Crippen LogP contribution in [0.25, 0.3) is 0 Å². The van der Waals surface area contributed by atoms with E-state index in [0.29, 0.717) is 6.42 Å². The van der Waals surface area contributed by atoms with Gasteiger partial charge in [-0.25, -0.2) is 0 Å². The Morgan fingerprint density at radius 1 is 0.889 bits per heavy atom. The quantitative estimate of drug-likeness (QED) is 0.281. The SMILES string of the molecule is CCCCCCCCCCCCNC(=O)CCI. The van der Waals surface area contributed by atoms with Gasteiger partial charge >= 0.3 is 0 Å². The maximum absolute atomic E-state index is 11.2. The highest BCUT2D eigenvalue weighted by Crippen LogP contribution is 2.10. The van der Waals surface area contributed by atoms with Crippen LogP contribution in [0.15, 0.2) is 0 Å². The van der Waals surface area contributed by atoms with Crippen molar-refractivity contribution in [1.82, 2.24) is 5.32 Å². The van der Waals surface area contributed by atoms with Crippen LogP contribution in [0.5, 0.6) is 0 Å². The molecule has 3 heteroatoms. The molecule has 0 aliphatic heterocycles. The molecule has 0 radical (unpaired) electrons. The second-order valence-corrected chi connectivity index (χ2v) is 6.05. The molecule has 0 aromatic heterocycles. The molecular formula is C15H30INO. The topological polar surface area (TPSA) is 29.1 Å². The molecule has 18 heavy (non-hydrogen) atoms. The average Bonchev–Trinajstić information content (AvgIpc) is 2.36. The first-order valence-electron chi connectivity index (χ1n) is 7.64. The fourth-order valence-electron chi connectivity index (χ4n) is 2.01. The first kappa shape index (κ1) is 18.2. The van der Waals surface area contributed by atoms with Crippen LogP contribution < -0.4 is 5.32 Å². The van der Waals surface area contributed by atoms with Crippen LogP contribution in [0, 0.1) is 0 Å². The Kier molecular flexibility index (Phi) is 15.4. The molecule has 0 aromatic carbocycles. The fourth-order valence-corrected chi connectivity index (χ4v) is 2.50. The van der Waals surface area contributed by atoms with Crippen molar-refractivity contribution in [1.29, 1.82) is 0 Å². The number of amides is 1. The molecule has 0 spiro atoms. The van der Waals surface area contributed by atoms with Crippen LogP contribution in [0.2, 0.25) is 0 Å². The molecule has 0 aliphatic carbocycles. The van der Waals surface area contributed by atoms with Crippen LogP contribution >= 0.6 is 22.6 Å². The Morgan fingerprint density at radius 2 is 1.39 bits per heavy atom. The van der Waals surface area contributed by atoms with Crippen molar-refractivity contribution in [3.8, 4) is 0 Å². The number of halogens is 1. The summed E-state index contributed by atoms with van der Waals surface area (Å²) in [6, 6.07) is 0. The smallest absolute Gasteiger partial charge is 0.220 e. The van der Waals surface area contributed by atoms with E-state index >= 15 is 0 Å². The molecule has 1 N–H and O–H groups in total. The Morgan fingerprint density at radius 3 is 1.89 bits per heavy atom. The van der Waals surface area contributed by atoms with E-state index in [4.69, 9.17) is 0 Å². The lowest BCUT2D eigenvalue weighted by molar-refractivity contribution is -0.120. The van der Waals surface area contributed by atoms with E-state index in [1.807, 2.05) is 0 Å². The van der Waals surface area contributed by atoms with Crippen molar-refractivity contribution >= 4 is 28.5 Å². The number of carbonyl (C=O) groups excluding carboxylic acids is 1. The maximum Gasteiger partial charge on any atom is 0.220 e. The van der Waals surface area contributed by atoms with Gasteiger partial charge in [-0.15, -0.1) is 0 Å². The van der Waals surface area contributed by atoms with Crippen molar-refractivity contribution in [2.75, 3.05) is 11.0 Å². The van der Waals surface area contributed by atoms with Gasteiger partial charge in [0.25, 0.3) is 0 Å². The molecule has 0 saturated heterocycles. The number of rotatable bonds is 13. The van der Waals surface area contributed by atoms with Gasteiger partial charge in [0.2, 0.25) is 5.91 Å². The van der Waals surface area contributed by atoms with Crippen LogP contribution in [0.4, 0.5) is 0 Å². The molecule has 0 heterocycles. The maximum atomic E-state index is 11.2. The van der Waals surface area contributed by atoms with E-state index in [-0.39, 0.29) is 5.91 Å². The molecule has 0 atom stereocenters. The molecule has 0 saturated carbocycles. The minimum Gasteiger partial charge on any atom is -0.356 e. The minimum absolute atomic E-state index is 0.209. The number of unbranched alkanes of at least 4 members (excludes halogenated alkanes) is 9. The van der Waals surface area contributed by atoms with Crippen molar-refractivity contribution in [2.45, 2.75) is 77.6 Å². The lowest BCUT2D eigenvalue weighted by atomic mass is 10.1. The molecule has 0 fully saturated rings. The number of carbonyl (C=O) groups is 1. The fraction of sp³-hybridized carbons (Fsp3) is 0.933. The molecule has 2 nitrogen and oxygen atoms in total. The second-order valence-electron chi connectivity index (χ2n) is 4.97. The van der Waals surface area contributed by atoms with E-state index in [9.17, 15) is 4.79 Å². The van der Waals surface area contributed by atoms with Crippen LogP contribution in [0.3, 0.4) is 0 Å². The highest BCUT2D eigenvalue weighted by molar-refractivity contribution is 14.1. The molecule has 1 amide bonds. The number of nitrogens with one attached hydrogen (secondary N) is 1. The molecule has 0 bridgehead atoms. The standard InChI is InChI=1S/C15H30INO/c1-2-3-4-5-6-7-8-9-10-11-14-17-15(18)12-13-16/h2-14H2,1H3,(H,17,18). The van der Waals surface area contributed by atoms with Gasteiger partial charge in [-0.05, 0) is 6.42 Å². The predicted molar refractivity (Wildman–Crippen MR) is 88.4 cm³/mol. The van der Waals surface area contributed by atoms with E-state index < -0.39 is 0 Å². The predicted octanol–water partition coefficient (Wildman–Crippen LogP) is 4.85. The van der Waals surface area contributed by atoms with Crippen LogP contribution in [-0.4, -0.2) is 16.9 Å². The van der Waals surface area contributed by atoms with Crippen LogP contribution in [0.1, 0.15) is 77.6 Å². The summed E-state index contributed by atoms with van der Waals surface area (Å²) in [5.41, 5.74) is 0. The normalized spacial score (nSPS) is 10.6. The van der Waals surface area contributed by atoms with Crippen LogP contribution in [-0.2, 0) is 4.79 Å². The zero-order chi connectivity index (χ0) is 13.5. The number of alkyl halides is 1. The summed E-state index contributed by atoms with van der Waals surface area (Å²) in [5.74, 6) is 0.209. The van der Waals surface area contributed by atoms with Gasteiger partial charge in [0.1, 0.15) is 0 Å². The van der Waals surface area contributed by atoms with E-state index in [1.165, 1.54) is 57.8 Å². The highest BCUT2D eigenvalue weighted by Gasteiger charge is 1.98. The Bertz CT molecular complexity index is 185. The lowest BCUT2D eigenvalue weighted by Crippen LogP contribution is -2.24. The first-order chi connectivity index (χ1) is 8.81. The van der Waals surface area contributed by atoms with Crippen molar-refractivity contribution in [3.63, 3.8) is 0 Å². The summed E-state index contributed by atoms with van der Waals surface area (Å²) in [7, 11) is 0. The summed E-state index contributed by atoms with van der Waals surface area (Å²) in [6.45, 7) is 3.13. The molecule has 108 valence electrons. The molecule has 0 unspecified atom stereocenters. The van der Waals surface area contributed by atoms with Gasteiger partial charge in [0.05, 0.1) is 0 Å². The van der Waals surface area contributed by atoms with Gasteiger partial charge in [0.15, 0.2) is 0 Å². The third-order valence-electron chi connectivity index (χ3n) is 3.17. The third kappa shape index (κ3) is 14.3. The summed E-state index contributed by atoms with van der Waals surface area (Å²) in [5, 5.41) is 2.97. The van der Waals surface area contributed by atoms with E-state index in [1.54, 1.807) is 0 Å². The highest BCUT2D eigenvalue weighted by atomic mass is 127. The Balaban J connectivity index is 3.01. The largest absolute Gasteiger partial charge is 0.356 e.